The van der Waals surface area contributed by atoms with Gasteiger partial charge in [0.2, 0.25) is 0 Å². The molecule has 4 atom stereocenters. The van der Waals surface area contributed by atoms with E-state index in [-0.39, 0.29) is 12.4 Å². The SMILES string of the molecule is CC1CCCC(CN2CCC(C(C)N)C2)C1.Cl. The maximum Gasteiger partial charge on any atom is 0.00514 e. The Morgan fingerprint density at radius 1 is 1.29 bits per heavy atom. The summed E-state index contributed by atoms with van der Waals surface area (Å²) in [5, 5.41) is 0. The molecule has 1 saturated heterocycles. The van der Waals surface area contributed by atoms with Crippen molar-refractivity contribution >= 4 is 12.4 Å². The van der Waals surface area contributed by atoms with E-state index in [0.717, 1.165) is 17.8 Å². The third-order valence-corrected chi connectivity index (χ3v) is 4.61. The molecule has 0 radical (unpaired) electrons. The van der Waals surface area contributed by atoms with Gasteiger partial charge in [-0.15, -0.1) is 12.4 Å². The first kappa shape index (κ1) is 15.3. The number of nitrogens with two attached hydrogens (primary N) is 1. The van der Waals surface area contributed by atoms with Gasteiger partial charge < -0.3 is 10.6 Å². The molecule has 0 amide bonds. The van der Waals surface area contributed by atoms with Crippen LogP contribution in [0.2, 0.25) is 0 Å². The second kappa shape index (κ2) is 6.96. The highest BCUT2D eigenvalue weighted by Crippen LogP contribution is 2.30. The fraction of sp³-hybridized carbons (Fsp3) is 1.00. The zero-order chi connectivity index (χ0) is 11.5. The Morgan fingerprint density at radius 2 is 2.06 bits per heavy atom. The summed E-state index contributed by atoms with van der Waals surface area (Å²) >= 11 is 0. The molecule has 4 unspecified atom stereocenters. The summed E-state index contributed by atoms with van der Waals surface area (Å²) < 4.78 is 0. The molecule has 1 aliphatic carbocycles. The average Bonchev–Trinajstić information content (AvgIpc) is 2.66. The molecule has 1 heterocycles. The number of halogens is 1. The summed E-state index contributed by atoms with van der Waals surface area (Å²) in [4.78, 5) is 2.66. The lowest BCUT2D eigenvalue weighted by atomic mass is 9.82. The van der Waals surface area contributed by atoms with Gasteiger partial charge in [0.1, 0.15) is 0 Å². The Labute approximate surface area is 113 Å². The van der Waals surface area contributed by atoms with Gasteiger partial charge in [-0.25, -0.2) is 0 Å². The van der Waals surface area contributed by atoms with Crippen molar-refractivity contribution in [2.75, 3.05) is 19.6 Å². The lowest BCUT2D eigenvalue weighted by Crippen LogP contribution is -2.33. The minimum Gasteiger partial charge on any atom is -0.328 e. The van der Waals surface area contributed by atoms with E-state index in [2.05, 4.69) is 18.7 Å². The van der Waals surface area contributed by atoms with Crippen molar-refractivity contribution in [3.05, 3.63) is 0 Å². The molecule has 17 heavy (non-hydrogen) atoms. The van der Waals surface area contributed by atoms with E-state index in [1.54, 1.807) is 0 Å². The second-order valence-corrected chi connectivity index (χ2v) is 6.31. The summed E-state index contributed by atoms with van der Waals surface area (Å²) in [5.74, 6) is 2.68. The molecular weight excluding hydrogens is 232 g/mol. The van der Waals surface area contributed by atoms with Crippen LogP contribution in [0.4, 0.5) is 0 Å². The van der Waals surface area contributed by atoms with Crippen LogP contribution in [0.3, 0.4) is 0 Å². The van der Waals surface area contributed by atoms with E-state index in [0.29, 0.717) is 6.04 Å². The highest BCUT2D eigenvalue weighted by atomic mass is 35.5. The number of hydrogen-bond acceptors (Lipinski definition) is 2. The van der Waals surface area contributed by atoms with Crippen LogP contribution in [0.25, 0.3) is 0 Å². The Kier molecular flexibility index (Phi) is 6.25. The molecule has 2 fully saturated rings. The fourth-order valence-corrected chi connectivity index (χ4v) is 3.55. The third kappa shape index (κ3) is 4.42. The Bertz CT molecular complexity index is 220. The molecule has 0 aromatic heterocycles. The first-order chi connectivity index (χ1) is 7.65. The van der Waals surface area contributed by atoms with E-state index in [9.17, 15) is 0 Å². The van der Waals surface area contributed by atoms with Gasteiger partial charge in [-0.3, -0.25) is 0 Å². The van der Waals surface area contributed by atoms with Crippen molar-refractivity contribution in [1.82, 2.24) is 4.90 Å². The van der Waals surface area contributed by atoms with Crippen LogP contribution in [0, 0.1) is 17.8 Å². The number of rotatable bonds is 3. The molecule has 2 nitrogen and oxygen atoms in total. The predicted molar refractivity (Wildman–Crippen MR) is 76.6 cm³/mol. The Balaban J connectivity index is 0.00000144. The first-order valence-corrected chi connectivity index (χ1v) is 7.13. The standard InChI is InChI=1S/C14H28N2.ClH/c1-11-4-3-5-13(8-11)9-16-7-6-14(10-16)12(2)15;/h11-14H,3-10,15H2,1-2H3;1H. The summed E-state index contributed by atoms with van der Waals surface area (Å²) in [6.45, 7) is 8.46. The minimum atomic E-state index is 0. The molecule has 0 aromatic rings. The van der Waals surface area contributed by atoms with Crippen LogP contribution in [0.15, 0.2) is 0 Å². The molecule has 1 saturated carbocycles. The molecule has 0 aromatic carbocycles. The van der Waals surface area contributed by atoms with Gasteiger partial charge in [0.05, 0.1) is 0 Å². The predicted octanol–water partition coefficient (Wildman–Crippen LogP) is 2.90. The molecular formula is C14H29ClN2. The van der Waals surface area contributed by atoms with Gasteiger partial charge in [-0.2, -0.15) is 0 Å². The smallest absolute Gasteiger partial charge is 0.00514 e. The molecule has 1 aliphatic heterocycles. The zero-order valence-electron chi connectivity index (χ0n) is 11.4. The van der Waals surface area contributed by atoms with Gasteiger partial charge in [0.25, 0.3) is 0 Å². The summed E-state index contributed by atoms with van der Waals surface area (Å²) in [5.41, 5.74) is 5.99. The largest absolute Gasteiger partial charge is 0.328 e. The maximum absolute atomic E-state index is 5.99. The van der Waals surface area contributed by atoms with Crippen molar-refractivity contribution in [2.24, 2.45) is 23.5 Å². The summed E-state index contributed by atoms with van der Waals surface area (Å²) in [6.07, 6.45) is 7.15. The topological polar surface area (TPSA) is 29.3 Å². The monoisotopic (exact) mass is 260 g/mol. The van der Waals surface area contributed by atoms with Crippen LogP contribution in [0.1, 0.15) is 46.0 Å². The number of hydrogen-bond donors (Lipinski definition) is 1. The molecule has 0 bridgehead atoms. The van der Waals surface area contributed by atoms with Gasteiger partial charge in [0, 0.05) is 19.1 Å². The molecule has 0 spiro atoms. The summed E-state index contributed by atoms with van der Waals surface area (Å²) in [6, 6.07) is 0.385. The Morgan fingerprint density at radius 3 is 2.65 bits per heavy atom. The van der Waals surface area contributed by atoms with Gasteiger partial charge in [-0.05, 0) is 50.5 Å². The van der Waals surface area contributed by atoms with Crippen molar-refractivity contribution in [3.63, 3.8) is 0 Å². The highest BCUT2D eigenvalue weighted by molar-refractivity contribution is 5.85. The van der Waals surface area contributed by atoms with E-state index in [1.165, 1.54) is 51.7 Å². The molecule has 3 heteroatoms. The summed E-state index contributed by atoms with van der Waals surface area (Å²) in [7, 11) is 0. The molecule has 102 valence electrons. The molecule has 2 aliphatic rings. The van der Waals surface area contributed by atoms with Crippen LogP contribution in [-0.4, -0.2) is 30.6 Å². The van der Waals surface area contributed by atoms with Crippen LogP contribution in [0.5, 0.6) is 0 Å². The third-order valence-electron chi connectivity index (χ3n) is 4.61. The normalized spacial score (nSPS) is 36.5. The van der Waals surface area contributed by atoms with E-state index >= 15 is 0 Å². The van der Waals surface area contributed by atoms with Crippen LogP contribution in [-0.2, 0) is 0 Å². The Hall–Kier alpha value is 0.210. The lowest BCUT2D eigenvalue weighted by Gasteiger charge is -2.30. The van der Waals surface area contributed by atoms with Gasteiger partial charge >= 0.3 is 0 Å². The average molecular weight is 261 g/mol. The molecule has 2 rings (SSSR count). The zero-order valence-corrected chi connectivity index (χ0v) is 12.2. The van der Waals surface area contributed by atoms with Gasteiger partial charge in [0.15, 0.2) is 0 Å². The lowest BCUT2D eigenvalue weighted by molar-refractivity contribution is 0.198. The minimum absolute atomic E-state index is 0. The number of likely N-dealkylation sites (tertiary alicyclic amines) is 1. The van der Waals surface area contributed by atoms with E-state index in [4.69, 9.17) is 5.73 Å². The first-order valence-electron chi connectivity index (χ1n) is 7.13. The number of nitrogens with zero attached hydrogens (tertiary/aromatic N) is 1. The fourth-order valence-electron chi connectivity index (χ4n) is 3.55. The van der Waals surface area contributed by atoms with Crippen molar-refractivity contribution in [1.29, 1.82) is 0 Å². The van der Waals surface area contributed by atoms with Crippen molar-refractivity contribution < 1.29 is 0 Å². The van der Waals surface area contributed by atoms with E-state index in [1.807, 2.05) is 0 Å². The van der Waals surface area contributed by atoms with Crippen LogP contribution < -0.4 is 5.73 Å². The quantitative estimate of drug-likeness (QED) is 0.846. The van der Waals surface area contributed by atoms with Crippen LogP contribution >= 0.6 is 12.4 Å². The highest BCUT2D eigenvalue weighted by Gasteiger charge is 2.28. The van der Waals surface area contributed by atoms with Crippen molar-refractivity contribution in [2.45, 2.75) is 52.0 Å². The van der Waals surface area contributed by atoms with E-state index < -0.39 is 0 Å². The molecule has 2 N–H and O–H groups in total. The maximum atomic E-state index is 5.99. The van der Waals surface area contributed by atoms with Crippen molar-refractivity contribution in [3.8, 4) is 0 Å². The van der Waals surface area contributed by atoms with Gasteiger partial charge in [-0.1, -0.05) is 19.8 Å². The second-order valence-electron chi connectivity index (χ2n) is 6.31.